The number of hydrogen-bond acceptors (Lipinski definition) is 4. The lowest BCUT2D eigenvalue weighted by Crippen LogP contribution is -2.32. The first-order valence-electron chi connectivity index (χ1n) is 4.29. The summed E-state index contributed by atoms with van der Waals surface area (Å²) >= 11 is 0. The van der Waals surface area contributed by atoms with Crippen LogP contribution in [0.1, 0.15) is 19.8 Å². The Kier molecular flexibility index (Phi) is 6.23. The summed E-state index contributed by atoms with van der Waals surface area (Å²) in [5, 5.41) is 12.0. The van der Waals surface area contributed by atoms with Gasteiger partial charge in [0, 0.05) is 6.54 Å². The third-order valence-electron chi connectivity index (χ3n) is 1.49. The predicted molar refractivity (Wildman–Crippen MR) is 50.2 cm³/mol. The van der Waals surface area contributed by atoms with E-state index in [1.807, 2.05) is 6.92 Å². The number of aliphatic hydroxyl groups is 1. The molecule has 0 heterocycles. The van der Waals surface area contributed by atoms with E-state index >= 15 is 0 Å². The highest BCUT2D eigenvalue weighted by atomic mass is 32.2. The van der Waals surface area contributed by atoms with Crippen LogP contribution in [0.2, 0.25) is 0 Å². The van der Waals surface area contributed by atoms with Crippen LogP contribution < -0.4 is 5.32 Å². The maximum absolute atomic E-state index is 10.3. The minimum absolute atomic E-state index is 0.194. The zero-order chi connectivity index (χ0) is 10.3. The fourth-order valence-corrected chi connectivity index (χ4v) is 1.48. The number of unbranched alkanes of at least 4 members (excludes halogenated alkanes) is 1. The summed E-state index contributed by atoms with van der Waals surface area (Å²) in [6.07, 6.45) is 0.992. The van der Waals surface area contributed by atoms with Gasteiger partial charge in [-0.2, -0.15) is 8.42 Å². The summed E-state index contributed by atoms with van der Waals surface area (Å²) in [5.41, 5.74) is 0. The molecule has 6 heteroatoms. The van der Waals surface area contributed by atoms with Gasteiger partial charge in [-0.05, 0) is 13.0 Å². The van der Waals surface area contributed by atoms with Crippen LogP contribution in [0.25, 0.3) is 0 Å². The third kappa shape index (κ3) is 9.75. The molecule has 0 aliphatic carbocycles. The smallest absolute Gasteiger partial charge is 0.267 e. The number of rotatable bonds is 7. The highest BCUT2D eigenvalue weighted by molar-refractivity contribution is 7.85. The average Bonchev–Trinajstić information content (AvgIpc) is 1.94. The fraction of sp³-hybridized carbons (Fsp3) is 1.00. The van der Waals surface area contributed by atoms with Gasteiger partial charge in [0.1, 0.15) is 5.75 Å². The second kappa shape index (κ2) is 6.31. The van der Waals surface area contributed by atoms with Crippen LogP contribution in [-0.2, 0) is 10.1 Å². The minimum Gasteiger partial charge on any atom is -0.391 e. The molecule has 80 valence electrons. The summed E-state index contributed by atoms with van der Waals surface area (Å²) in [7, 11) is -4.06. The summed E-state index contributed by atoms with van der Waals surface area (Å²) in [4.78, 5) is 0. The van der Waals surface area contributed by atoms with Gasteiger partial charge in [0.15, 0.2) is 0 Å². The second-order valence-electron chi connectivity index (χ2n) is 2.96. The molecule has 0 amide bonds. The monoisotopic (exact) mass is 211 g/mol. The van der Waals surface area contributed by atoms with Gasteiger partial charge >= 0.3 is 0 Å². The molecular weight excluding hydrogens is 194 g/mol. The van der Waals surface area contributed by atoms with Gasteiger partial charge in [-0.1, -0.05) is 13.3 Å². The third-order valence-corrected chi connectivity index (χ3v) is 2.30. The summed E-state index contributed by atoms with van der Waals surface area (Å²) in [5.74, 6) is -0.605. The Labute approximate surface area is 78.9 Å². The van der Waals surface area contributed by atoms with E-state index in [1.165, 1.54) is 0 Å². The van der Waals surface area contributed by atoms with Crippen molar-refractivity contribution in [3.8, 4) is 0 Å². The molecule has 0 aromatic rings. The molecule has 0 radical (unpaired) electrons. The minimum atomic E-state index is -4.06. The van der Waals surface area contributed by atoms with Crippen LogP contribution in [0.3, 0.4) is 0 Å². The van der Waals surface area contributed by atoms with Crippen LogP contribution in [0.15, 0.2) is 0 Å². The molecule has 0 saturated carbocycles. The first-order chi connectivity index (χ1) is 5.95. The van der Waals surface area contributed by atoms with E-state index in [-0.39, 0.29) is 6.54 Å². The zero-order valence-electron chi connectivity index (χ0n) is 7.73. The van der Waals surface area contributed by atoms with Crippen LogP contribution in [-0.4, -0.2) is 43.0 Å². The first kappa shape index (κ1) is 12.8. The Hall–Kier alpha value is -0.170. The van der Waals surface area contributed by atoms with E-state index in [2.05, 4.69) is 5.32 Å². The first-order valence-corrected chi connectivity index (χ1v) is 5.90. The van der Waals surface area contributed by atoms with Crippen LogP contribution >= 0.6 is 0 Å². The standard InChI is InChI=1S/C7H17NO4S/c1-2-3-4-8-5-7(9)6-13(10,11)12/h7-9H,2-6H2,1H3,(H,10,11,12). The largest absolute Gasteiger partial charge is 0.391 e. The Morgan fingerprint density at radius 3 is 2.54 bits per heavy atom. The molecule has 1 atom stereocenters. The molecule has 0 aliphatic rings. The van der Waals surface area contributed by atoms with Crippen molar-refractivity contribution in [2.24, 2.45) is 0 Å². The Bertz CT molecular complexity index is 215. The van der Waals surface area contributed by atoms with Gasteiger partial charge in [0.05, 0.1) is 6.10 Å². The van der Waals surface area contributed by atoms with E-state index in [0.29, 0.717) is 0 Å². The molecule has 1 unspecified atom stereocenters. The fourth-order valence-electron chi connectivity index (χ4n) is 0.872. The van der Waals surface area contributed by atoms with Gasteiger partial charge in [-0.3, -0.25) is 4.55 Å². The zero-order valence-corrected chi connectivity index (χ0v) is 8.55. The predicted octanol–water partition coefficient (Wildman–Crippen LogP) is -0.375. The van der Waals surface area contributed by atoms with Gasteiger partial charge in [0.25, 0.3) is 10.1 Å². The van der Waals surface area contributed by atoms with Crippen molar-refractivity contribution in [2.75, 3.05) is 18.8 Å². The molecule has 0 aromatic heterocycles. The van der Waals surface area contributed by atoms with E-state index in [9.17, 15) is 8.42 Å². The van der Waals surface area contributed by atoms with Crippen LogP contribution in [0, 0.1) is 0 Å². The van der Waals surface area contributed by atoms with E-state index in [0.717, 1.165) is 19.4 Å². The lowest BCUT2D eigenvalue weighted by atomic mass is 10.3. The van der Waals surface area contributed by atoms with Crippen molar-refractivity contribution in [1.29, 1.82) is 0 Å². The van der Waals surface area contributed by atoms with Gasteiger partial charge < -0.3 is 10.4 Å². The lowest BCUT2D eigenvalue weighted by Gasteiger charge is -2.09. The van der Waals surface area contributed by atoms with Crippen molar-refractivity contribution in [2.45, 2.75) is 25.9 Å². The Balaban J connectivity index is 3.47. The summed E-state index contributed by atoms with van der Waals surface area (Å²) in [6, 6.07) is 0. The maximum Gasteiger partial charge on any atom is 0.267 e. The Morgan fingerprint density at radius 1 is 1.46 bits per heavy atom. The molecular formula is C7H17NO4S. The SMILES string of the molecule is CCCCNCC(O)CS(=O)(=O)O. The highest BCUT2D eigenvalue weighted by Crippen LogP contribution is 1.89. The van der Waals surface area contributed by atoms with Crippen molar-refractivity contribution in [3.63, 3.8) is 0 Å². The Morgan fingerprint density at radius 2 is 2.08 bits per heavy atom. The normalized spacial score (nSPS) is 14.4. The highest BCUT2D eigenvalue weighted by Gasteiger charge is 2.12. The van der Waals surface area contributed by atoms with E-state index in [4.69, 9.17) is 9.66 Å². The molecule has 3 N–H and O–H groups in total. The number of hydrogen-bond donors (Lipinski definition) is 3. The molecule has 0 aliphatic heterocycles. The molecule has 0 saturated heterocycles. The molecule has 0 aromatic carbocycles. The van der Waals surface area contributed by atoms with E-state index in [1.54, 1.807) is 0 Å². The molecule has 0 rings (SSSR count). The average molecular weight is 211 g/mol. The summed E-state index contributed by atoms with van der Waals surface area (Å²) < 4.78 is 29.0. The van der Waals surface area contributed by atoms with Gasteiger partial charge in [-0.25, -0.2) is 0 Å². The van der Waals surface area contributed by atoms with Gasteiger partial charge in [-0.15, -0.1) is 0 Å². The topological polar surface area (TPSA) is 86.6 Å². The quantitative estimate of drug-likeness (QED) is 0.395. The molecule has 0 fully saturated rings. The summed E-state index contributed by atoms with van der Waals surface area (Å²) in [6.45, 7) is 2.98. The lowest BCUT2D eigenvalue weighted by molar-refractivity contribution is 0.191. The number of aliphatic hydroxyl groups excluding tert-OH is 1. The molecule has 5 nitrogen and oxygen atoms in total. The molecule has 0 bridgehead atoms. The van der Waals surface area contributed by atoms with Crippen LogP contribution in [0.4, 0.5) is 0 Å². The maximum atomic E-state index is 10.3. The van der Waals surface area contributed by atoms with Crippen molar-refractivity contribution in [3.05, 3.63) is 0 Å². The van der Waals surface area contributed by atoms with Gasteiger partial charge in [0.2, 0.25) is 0 Å². The molecule has 0 spiro atoms. The van der Waals surface area contributed by atoms with Crippen molar-refractivity contribution in [1.82, 2.24) is 5.32 Å². The second-order valence-corrected chi connectivity index (χ2v) is 4.46. The van der Waals surface area contributed by atoms with Crippen LogP contribution in [0.5, 0.6) is 0 Å². The number of nitrogens with one attached hydrogen (secondary N) is 1. The van der Waals surface area contributed by atoms with Crippen molar-refractivity contribution < 1.29 is 18.1 Å². The van der Waals surface area contributed by atoms with Crippen molar-refractivity contribution >= 4 is 10.1 Å². The van der Waals surface area contributed by atoms with E-state index < -0.39 is 22.0 Å². The molecule has 13 heavy (non-hydrogen) atoms.